The molecular weight excluding hydrogens is 398 g/mol. The Kier molecular flexibility index (Phi) is 5.33. The first-order valence-electron chi connectivity index (χ1n) is 9.37. The van der Waals surface area contributed by atoms with Crippen LogP contribution in [0.1, 0.15) is 26.5 Å². The van der Waals surface area contributed by atoms with Gasteiger partial charge in [0.15, 0.2) is 0 Å². The highest BCUT2D eigenvalue weighted by Gasteiger charge is 2.19. The van der Waals surface area contributed by atoms with Crippen LogP contribution in [0, 0.1) is 13.8 Å². The van der Waals surface area contributed by atoms with E-state index < -0.39 is 0 Å². The molecule has 0 atom stereocenters. The van der Waals surface area contributed by atoms with Gasteiger partial charge < -0.3 is 15.8 Å². The van der Waals surface area contributed by atoms with Crippen LogP contribution in [-0.4, -0.2) is 28.2 Å². The SMILES string of the molecule is COc1ccc(-c2ccc(CNC(=O)c3sc4nnc(C)c(C)c4c3N)cc2)cn1. The van der Waals surface area contributed by atoms with E-state index in [2.05, 4.69) is 20.5 Å². The molecule has 4 rings (SSSR count). The molecule has 3 N–H and O–H groups in total. The number of nitrogens with two attached hydrogens (primary N) is 1. The van der Waals surface area contributed by atoms with Crippen LogP contribution in [0.3, 0.4) is 0 Å². The normalized spacial score (nSPS) is 10.9. The number of hydrogen-bond acceptors (Lipinski definition) is 7. The number of nitrogens with zero attached hydrogens (tertiary/aromatic N) is 3. The minimum absolute atomic E-state index is 0.212. The van der Waals surface area contributed by atoms with Crippen molar-refractivity contribution < 1.29 is 9.53 Å². The maximum Gasteiger partial charge on any atom is 0.263 e. The van der Waals surface area contributed by atoms with Gasteiger partial charge in [-0.25, -0.2) is 4.98 Å². The second-order valence-electron chi connectivity index (χ2n) is 6.90. The number of amides is 1. The predicted octanol–water partition coefficient (Wildman–Crippen LogP) is 3.89. The summed E-state index contributed by atoms with van der Waals surface area (Å²) in [4.78, 5) is 18.1. The van der Waals surface area contributed by atoms with E-state index in [9.17, 15) is 4.79 Å². The van der Waals surface area contributed by atoms with Crippen molar-refractivity contribution in [2.75, 3.05) is 12.8 Å². The first-order valence-corrected chi connectivity index (χ1v) is 10.2. The molecule has 0 saturated heterocycles. The molecule has 152 valence electrons. The number of nitrogens with one attached hydrogen (secondary N) is 1. The van der Waals surface area contributed by atoms with Crippen molar-refractivity contribution in [1.82, 2.24) is 20.5 Å². The number of ether oxygens (including phenoxy) is 1. The lowest BCUT2D eigenvalue weighted by molar-refractivity contribution is 0.0956. The van der Waals surface area contributed by atoms with Gasteiger partial charge in [-0.05, 0) is 36.6 Å². The van der Waals surface area contributed by atoms with Crippen LogP contribution < -0.4 is 15.8 Å². The molecule has 0 aliphatic carbocycles. The number of hydrogen-bond donors (Lipinski definition) is 2. The Bertz CT molecular complexity index is 1220. The maximum atomic E-state index is 12.7. The number of methoxy groups -OCH3 is 1. The number of rotatable bonds is 5. The topological polar surface area (TPSA) is 103 Å². The molecule has 0 spiro atoms. The van der Waals surface area contributed by atoms with E-state index in [4.69, 9.17) is 10.5 Å². The van der Waals surface area contributed by atoms with E-state index in [1.165, 1.54) is 11.3 Å². The molecule has 0 unspecified atom stereocenters. The van der Waals surface area contributed by atoms with Crippen molar-refractivity contribution in [3.05, 3.63) is 64.3 Å². The first-order chi connectivity index (χ1) is 14.5. The van der Waals surface area contributed by atoms with Crippen molar-refractivity contribution in [1.29, 1.82) is 0 Å². The molecule has 30 heavy (non-hydrogen) atoms. The molecule has 3 aromatic heterocycles. The average molecular weight is 420 g/mol. The van der Waals surface area contributed by atoms with Gasteiger partial charge in [-0.15, -0.1) is 16.4 Å². The van der Waals surface area contributed by atoms with Crippen LogP contribution in [0.25, 0.3) is 21.3 Å². The minimum atomic E-state index is -0.212. The number of pyridine rings is 1. The number of anilines is 1. The smallest absolute Gasteiger partial charge is 0.263 e. The Labute approximate surface area is 177 Å². The number of fused-ring (bicyclic) bond motifs is 1. The summed E-state index contributed by atoms with van der Waals surface area (Å²) in [7, 11) is 1.59. The van der Waals surface area contributed by atoms with Crippen LogP contribution >= 0.6 is 11.3 Å². The van der Waals surface area contributed by atoms with Crippen LogP contribution in [0.4, 0.5) is 5.69 Å². The van der Waals surface area contributed by atoms with Crippen LogP contribution in [0.5, 0.6) is 5.88 Å². The van der Waals surface area contributed by atoms with Crippen molar-refractivity contribution in [2.45, 2.75) is 20.4 Å². The molecule has 1 aromatic carbocycles. The van der Waals surface area contributed by atoms with E-state index in [0.29, 0.717) is 27.8 Å². The number of carbonyl (C=O) groups excluding carboxylic acids is 1. The average Bonchev–Trinajstić information content (AvgIpc) is 3.12. The third kappa shape index (κ3) is 3.69. The molecule has 4 aromatic rings. The lowest BCUT2D eigenvalue weighted by atomic mass is 10.1. The number of thiophene rings is 1. The van der Waals surface area contributed by atoms with Crippen molar-refractivity contribution in [2.24, 2.45) is 0 Å². The van der Waals surface area contributed by atoms with Gasteiger partial charge in [-0.1, -0.05) is 24.3 Å². The summed E-state index contributed by atoms with van der Waals surface area (Å²) < 4.78 is 5.09. The molecule has 0 radical (unpaired) electrons. The number of nitrogen functional groups attached to an aromatic ring is 1. The van der Waals surface area contributed by atoms with Gasteiger partial charge in [0.1, 0.15) is 9.71 Å². The highest BCUT2D eigenvalue weighted by atomic mass is 32.1. The van der Waals surface area contributed by atoms with E-state index >= 15 is 0 Å². The number of benzene rings is 1. The highest BCUT2D eigenvalue weighted by molar-refractivity contribution is 7.21. The fourth-order valence-electron chi connectivity index (χ4n) is 3.16. The Morgan fingerprint density at radius 3 is 2.50 bits per heavy atom. The van der Waals surface area contributed by atoms with Gasteiger partial charge in [-0.2, -0.15) is 5.10 Å². The molecule has 0 aliphatic rings. The van der Waals surface area contributed by atoms with Crippen LogP contribution in [0.2, 0.25) is 0 Å². The molecule has 1 amide bonds. The number of carbonyl (C=O) groups is 1. The molecule has 0 saturated carbocycles. The number of aryl methyl sites for hydroxylation is 2. The summed E-state index contributed by atoms with van der Waals surface area (Å²) in [5, 5.41) is 12.0. The van der Waals surface area contributed by atoms with E-state index in [1.807, 2.05) is 50.2 Å². The van der Waals surface area contributed by atoms with Gasteiger partial charge in [-0.3, -0.25) is 4.79 Å². The molecule has 8 heteroatoms. The van der Waals surface area contributed by atoms with Gasteiger partial charge in [0.05, 0.1) is 18.5 Å². The summed E-state index contributed by atoms with van der Waals surface area (Å²) in [6.07, 6.45) is 1.77. The van der Waals surface area contributed by atoms with Gasteiger partial charge >= 0.3 is 0 Å². The van der Waals surface area contributed by atoms with Gasteiger partial charge in [0, 0.05) is 29.8 Å². The highest BCUT2D eigenvalue weighted by Crippen LogP contribution is 2.34. The third-order valence-electron chi connectivity index (χ3n) is 5.03. The Balaban J connectivity index is 1.47. The summed E-state index contributed by atoms with van der Waals surface area (Å²) >= 11 is 1.26. The fourth-order valence-corrected chi connectivity index (χ4v) is 4.18. The lowest BCUT2D eigenvalue weighted by Gasteiger charge is -2.07. The van der Waals surface area contributed by atoms with Crippen LogP contribution in [0.15, 0.2) is 42.6 Å². The molecule has 0 fully saturated rings. The molecule has 3 heterocycles. The second-order valence-corrected chi connectivity index (χ2v) is 7.90. The molecule has 0 bridgehead atoms. The lowest BCUT2D eigenvalue weighted by Crippen LogP contribution is -2.22. The van der Waals surface area contributed by atoms with Gasteiger partial charge in [0.2, 0.25) is 5.88 Å². The van der Waals surface area contributed by atoms with E-state index in [1.54, 1.807) is 13.3 Å². The summed E-state index contributed by atoms with van der Waals surface area (Å²) in [5.41, 5.74) is 11.5. The fraction of sp³-hybridized carbons (Fsp3) is 0.182. The van der Waals surface area contributed by atoms with Crippen molar-refractivity contribution in [3.63, 3.8) is 0 Å². The third-order valence-corrected chi connectivity index (χ3v) is 6.12. The summed E-state index contributed by atoms with van der Waals surface area (Å²) in [6.45, 7) is 4.22. The predicted molar refractivity (Wildman–Crippen MR) is 119 cm³/mol. The van der Waals surface area contributed by atoms with Crippen molar-refractivity contribution >= 4 is 33.1 Å². The largest absolute Gasteiger partial charge is 0.481 e. The zero-order valence-corrected chi connectivity index (χ0v) is 17.7. The van der Waals surface area contributed by atoms with Crippen LogP contribution in [-0.2, 0) is 6.54 Å². The quantitative estimate of drug-likeness (QED) is 0.509. The Morgan fingerprint density at radius 1 is 1.10 bits per heavy atom. The Hall–Kier alpha value is -3.52. The standard InChI is InChI=1S/C22H21N5O2S/c1-12-13(2)26-27-22-18(12)19(23)20(30-22)21(28)25-10-14-4-6-15(7-5-14)16-8-9-17(29-3)24-11-16/h4-9,11H,10,23H2,1-3H3,(H,25,28). The second kappa shape index (κ2) is 8.08. The molecular formula is C22H21N5O2S. The zero-order valence-electron chi connectivity index (χ0n) is 16.9. The molecule has 0 aliphatic heterocycles. The number of aromatic nitrogens is 3. The maximum absolute atomic E-state index is 12.7. The Morgan fingerprint density at radius 2 is 1.83 bits per heavy atom. The van der Waals surface area contributed by atoms with E-state index in [-0.39, 0.29) is 5.91 Å². The zero-order chi connectivity index (χ0) is 21.3. The van der Waals surface area contributed by atoms with E-state index in [0.717, 1.165) is 33.3 Å². The van der Waals surface area contributed by atoms with Gasteiger partial charge in [0.25, 0.3) is 5.91 Å². The van der Waals surface area contributed by atoms with Crippen molar-refractivity contribution in [3.8, 4) is 17.0 Å². The first kappa shape index (κ1) is 19.8. The summed E-state index contributed by atoms with van der Waals surface area (Å²) in [5.74, 6) is 0.367. The minimum Gasteiger partial charge on any atom is -0.481 e. The molecule has 7 nitrogen and oxygen atoms in total. The summed E-state index contributed by atoms with van der Waals surface area (Å²) in [6, 6.07) is 11.7. The monoisotopic (exact) mass is 419 g/mol.